The number of aromatic nitrogens is 2. The third kappa shape index (κ3) is 3.15. The van der Waals surface area contributed by atoms with E-state index >= 15 is 0 Å². The lowest BCUT2D eigenvalue weighted by Crippen LogP contribution is -2.24. The second-order valence-electron chi connectivity index (χ2n) is 6.04. The number of benzene rings is 1. The van der Waals surface area contributed by atoms with Gasteiger partial charge in [-0.25, -0.2) is 4.68 Å². The fourth-order valence-corrected chi connectivity index (χ4v) is 2.70. The summed E-state index contributed by atoms with van der Waals surface area (Å²) in [6.45, 7) is 6.79. The van der Waals surface area contributed by atoms with Crippen molar-refractivity contribution in [1.29, 1.82) is 0 Å². The van der Waals surface area contributed by atoms with Crippen LogP contribution in [0, 0.1) is 20.8 Å². The molecule has 3 rings (SSSR count). The van der Waals surface area contributed by atoms with Crippen LogP contribution < -0.4 is 10.9 Å². The molecule has 21 heavy (non-hydrogen) atoms. The van der Waals surface area contributed by atoms with E-state index in [2.05, 4.69) is 43.3 Å². The molecular weight excluding hydrogens is 262 g/mol. The molecule has 0 bridgehead atoms. The summed E-state index contributed by atoms with van der Waals surface area (Å²) in [6, 6.07) is 6.47. The Hall–Kier alpha value is -2.10. The SMILES string of the molecule is Cc1cc(C)c(Cn2ncc(NC3CC3)cc2=O)c(C)c1. The van der Waals surface area contributed by atoms with Gasteiger partial charge in [0.25, 0.3) is 5.56 Å². The van der Waals surface area contributed by atoms with Crippen molar-refractivity contribution in [2.24, 2.45) is 0 Å². The van der Waals surface area contributed by atoms with E-state index in [4.69, 9.17) is 0 Å². The van der Waals surface area contributed by atoms with Gasteiger partial charge in [0.15, 0.2) is 0 Å². The molecule has 0 radical (unpaired) electrons. The van der Waals surface area contributed by atoms with E-state index in [1.165, 1.54) is 39.8 Å². The van der Waals surface area contributed by atoms with Crippen LogP contribution in [0.2, 0.25) is 0 Å². The number of nitrogens with zero attached hydrogens (tertiary/aromatic N) is 2. The maximum Gasteiger partial charge on any atom is 0.269 e. The van der Waals surface area contributed by atoms with Gasteiger partial charge in [-0.05, 0) is 50.3 Å². The van der Waals surface area contributed by atoms with E-state index in [0.29, 0.717) is 12.6 Å². The molecule has 1 saturated carbocycles. The van der Waals surface area contributed by atoms with Crippen LogP contribution >= 0.6 is 0 Å². The van der Waals surface area contributed by atoms with E-state index in [-0.39, 0.29) is 5.56 Å². The van der Waals surface area contributed by atoms with Crippen molar-refractivity contribution in [3.05, 3.63) is 57.0 Å². The number of anilines is 1. The lowest BCUT2D eigenvalue weighted by molar-refractivity contribution is 0.635. The highest BCUT2D eigenvalue weighted by atomic mass is 16.1. The van der Waals surface area contributed by atoms with E-state index in [1.54, 1.807) is 12.3 Å². The van der Waals surface area contributed by atoms with Gasteiger partial charge in [0.2, 0.25) is 0 Å². The molecule has 4 nitrogen and oxygen atoms in total. The highest BCUT2D eigenvalue weighted by molar-refractivity contribution is 5.42. The number of aryl methyl sites for hydroxylation is 3. The Morgan fingerprint density at radius 2 is 1.86 bits per heavy atom. The molecule has 0 amide bonds. The number of hydrogen-bond acceptors (Lipinski definition) is 3. The minimum atomic E-state index is -0.0555. The zero-order valence-corrected chi connectivity index (χ0v) is 12.8. The number of nitrogens with one attached hydrogen (secondary N) is 1. The topological polar surface area (TPSA) is 46.9 Å². The Morgan fingerprint density at radius 1 is 1.19 bits per heavy atom. The van der Waals surface area contributed by atoms with Gasteiger partial charge >= 0.3 is 0 Å². The third-order valence-electron chi connectivity index (χ3n) is 3.97. The van der Waals surface area contributed by atoms with Crippen molar-refractivity contribution in [3.63, 3.8) is 0 Å². The van der Waals surface area contributed by atoms with E-state index < -0.39 is 0 Å². The van der Waals surface area contributed by atoms with Crippen LogP contribution in [0.15, 0.2) is 29.2 Å². The standard InChI is InChI=1S/C17H21N3O/c1-11-6-12(2)16(13(3)7-11)10-20-17(21)8-15(9-18-20)19-14-4-5-14/h6-9,14,19H,4-5,10H2,1-3H3. The molecule has 0 saturated heterocycles. The fourth-order valence-electron chi connectivity index (χ4n) is 2.70. The summed E-state index contributed by atoms with van der Waals surface area (Å²) in [7, 11) is 0. The summed E-state index contributed by atoms with van der Waals surface area (Å²) in [5, 5.41) is 7.60. The van der Waals surface area contributed by atoms with Crippen LogP contribution in [-0.4, -0.2) is 15.8 Å². The van der Waals surface area contributed by atoms with Gasteiger partial charge in [0, 0.05) is 12.1 Å². The second kappa shape index (κ2) is 5.35. The summed E-state index contributed by atoms with van der Waals surface area (Å²) in [4.78, 5) is 12.2. The van der Waals surface area contributed by atoms with Crippen molar-refractivity contribution < 1.29 is 0 Å². The van der Waals surface area contributed by atoms with Crippen LogP contribution in [-0.2, 0) is 6.54 Å². The van der Waals surface area contributed by atoms with Gasteiger partial charge in [-0.1, -0.05) is 17.7 Å². The first kappa shape index (κ1) is 13.9. The summed E-state index contributed by atoms with van der Waals surface area (Å²) in [6.07, 6.45) is 4.12. The fraction of sp³-hybridized carbons (Fsp3) is 0.412. The largest absolute Gasteiger partial charge is 0.381 e. The van der Waals surface area contributed by atoms with Crippen LogP contribution in [0.3, 0.4) is 0 Å². The predicted octanol–water partition coefficient (Wildman–Crippen LogP) is 2.79. The van der Waals surface area contributed by atoms with E-state index in [0.717, 1.165) is 5.69 Å². The smallest absolute Gasteiger partial charge is 0.269 e. The summed E-state index contributed by atoms with van der Waals surface area (Å²) >= 11 is 0. The molecule has 2 aromatic rings. The highest BCUT2D eigenvalue weighted by Gasteiger charge is 2.21. The lowest BCUT2D eigenvalue weighted by atomic mass is 10.00. The molecule has 1 N–H and O–H groups in total. The first-order valence-corrected chi connectivity index (χ1v) is 7.43. The zero-order chi connectivity index (χ0) is 15.0. The third-order valence-corrected chi connectivity index (χ3v) is 3.97. The molecule has 0 spiro atoms. The van der Waals surface area contributed by atoms with Crippen LogP contribution in [0.1, 0.15) is 35.1 Å². The van der Waals surface area contributed by atoms with Crippen molar-refractivity contribution in [2.75, 3.05) is 5.32 Å². The normalized spacial score (nSPS) is 14.2. The maximum atomic E-state index is 12.2. The van der Waals surface area contributed by atoms with Crippen molar-refractivity contribution in [1.82, 2.24) is 9.78 Å². The average Bonchev–Trinajstić information content (AvgIpc) is 3.19. The van der Waals surface area contributed by atoms with Gasteiger partial charge in [-0.15, -0.1) is 0 Å². The highest BCUT2D eigenvalue weighted by Crippen LogP contribution is 2.23. The molecule has 4 heteroatoms. The molecule has 1 fully saturated rings. The number of rotatable bonds is 4. The van der Waals surface area contributed by atoms with Crippen molar-refractivity contribution >= 4 is 5.69 Å². The van der Waals surface area contributed by atoms with Crippen LogP contribution in [0.25, 0.3) is 0 Å². The Labute approximate surface area is 124 Å². The molecule has 0 aliphatic heterocycles. The zero-order valence-electron chi connectivity index (χ0n) is 12.8. The molecule has 1 aliphatic carbocycles. The molecular formula is C17H21N3O. The average molecular weight is 283 g/mol. The van der Waals surface area contributed by atoms with Gasteiger partial charge in [-0.2, -0.15) is 5.10 Å². The monoisotopic (exact) mass is 283 g/mol. The quantitative estimate of drug-likeness (QED) is 0.938. The minimum Gasteiger partial charge on any atom is -0.381 e. The van der Waals surface area contributed by atoms with E-state index in [9.17, 15) is 4.79 Å². The predicted molar refractivity (Wildman–Crippen MR) is 84.9 cm³/mol. The summed E-state index contributed by atoms with van der Waals surface area (Å²) in [5.41, 5.74) is 5.62. The van der Waals surface area contributed by atoms with Gasteiger partial charge in [0.05, 0.1) is 18.4 Å². The Morgan fingerprint density at radius 3 is 2.43 bits per heavy atom. The van der Waals surface area contributed by atoms with Gasteiger partial charge in [-0.3, -0.25) is 4.79 Å². The molecule has 1 heterocycles. The second-order valence-corrected chi connectivity index (χ2v) is 6.04. The van der Waals surface area contributed by atoms with E-state index in [1.807, 2.05) is 0 Å². The van der Waals surface area contributed by atoms with Crippen LogP contribution in [0.4, 0.5) is 5.69 Å². The first-order chi connectivity index (χ1) is 10.0. The Kier molecular flexibility index (Phi) is 3.53. The maximum absolute atomic E-state index is 12.2. The summed E-state index contributed by atoms with van der Waals surface area (Å²) < 4.78 is 1.53. The summed E-state index contributed by atoms with van der Waals surface area (Å²) in [5.74, 6) is 0. The molecule has 1 aromatic carbocycles. The van der Waals surface area contributed by atoms with Crippen LogP contribution in [0.5, 0.6) is 0 Å². The Bertz CT molecular complexity index is 706. The van der Waals surface area contributed by atoms with Crippen molar-refractivity contribution in [3.8, 4) is 0 Å². The molecule has 110 valence electrons. The molecule has 1 aromatic heterocycles. The first-order valence-electron chi connectivity index (χ1n) is 7.43. The van der Waals surface area contributed by atoms with Gasteiger partial charge < -0.3 is 5.32 Å². The van der Waals surface area contributed by atoms with Gasteiger partial charge in [0.1, 0.15) is 0 Å². The van der Waals surface area contributed by atoms with Crippen molar-refractivity contribution in [2.45, 2.75) is 46.2 Å². The number of hydrogen-bond donors (Lipinski definition) is 1. The Balaban J connectivity index is 1.86. The molecule has 1 aliphatic rings. The lowest BCUT2D eigenvalue weighted by Gasteiger charge is -2.13. The molecule has 0 atom stereocenters. The molecule has 0 unspecified atom stereocenters. The minimum absolute atomic E-state index is 0.0555.